The van der Waals surface area contributed by atoms with Gasteiger partial charge in [-0.2, -0.15) is 5.26 Å². The molecule has 0 saturated carbocycles. The molecule has 7 heteroatoms. The Hall–Kier alpha value is -3.79. The zero-order valence-electron chi connectivity index (χ0n) is 17.1. The summed E-state index contributed by atoms with van der Waals surface area (Å²) < 4.78 is 10.6. The highest BCUT2D eigenvalue weighted by atomic mass is 16.5. The maximum absolute atomic E-state index is 12.5. The molecule has 0 bridgehead atoms. The molecule has 0 atom stereocenters. The molecule has 0 spiro atoms. The summed E-state index contributed by atoms with van der Waals surface area (Å²) >= 11 is 0. The van der Waals surface area contributed by atoms with Crippen LogP contribution >= 0.6 is 0 Å². The SMILES string of the molecule is CCCCOC(=O)c1ccccc1NC(=O)/C(C#N)=C\Nc1ccc(OCC)cc1. The number of nitrogens with one attached hydrogen (secondary N) is 2. The van der Waals surface area contributed by atoms with Crippen molar-refractivity contribution in [2.24, 2.45) is 0 Å². The Morgan fingerprint density at radius 1 is 1.10 bits per heavy atom. The zero-order chi connectivity index (χ0) is 21.8. The number of anilines is 2. The number of esters is 1. The lowest BCUT2D eigenvalue weighted by Gasteiger charge is -2.11. The summed E-state index contributed by atoms with van der Waals surface area (Å²) in [6.07, 6.45) is 2.98. The lowest BCUT2D eigenvalue weighted by Crippen LogP contribution is -2.17. The molecule has 7 nitrogen and oxygen atoms in total. The fourth-order valence-corrected chi connectivity index (χ4v) is 2.46. The molecular weight excluding hydrogens is 382 g/mol. The molecule has 0 heterocycles. The van der Waals surface area contributed by atoms with Crippen LogP contribution in [0.1, 0.15) is 37.0 Å². The van der Waals surface area contributed by atoms with E-state index in [2.05, 4.69) is 10.6 Å². The van der Waals surface area contributed by atoms with E-state index in [9.17, 15) is 14.9 Å². The van der Waals surface area contributed by atoms with Crippen molar-refractivity contribution in [2.45, 2.75) is 26.7 Å². The van der Waals surface area contributed by atoms with E-state index in [1.165, 1.54) is 6.20 Å². The van der Waals surface area contributed by atoms with Crippen LogP contribution in [0, 0.1) is 11.3 Å². The molecule has 2 rings (SSSR count). The maximum Gasteiger partial charge on any atom is 0.340 e. The number of unbranched alkanes of at least 4 members (excludes halogenated alkanes) is 1. The Bertz CT molecular complexity index is 930. The first-order chi connectivity index (χ1) is 14.6. The van der Waals surface area contributed by atoms with E-state index in [0.29, 0.717) is 18.9 Å². The normalized spacial score (nSPS) is 10.6. The number of rotatable bonds is 10. The molecule has 2 N–H and O–H groups in total. The third-order valence-electron chi connectivity index (χ3n) is 4.04. The van der Waals surface area contributed by atoms with Gasteiger partial charge in [0.05, 0.1) is 24.5 Å². The number of carbonyl (C=O) groups excluding carboxylic acids is 2. The predicted octanol–water partition coefficient (Wildman–Crippen LogP) is 4.50. The lowest BCUT2D eigenvalue weighted by atomic mass is 10.1. The van der Waals surface area contributed by atoms with Crippen molar-refractivity contribution in [3.05, 3.63) is 65.9 Å². The van der Waals surface area contributed by atoms with Crippen molar-refractivity contribution in [2.75, 3.05) is 23.8 Å². The molecule has 156 valence electrons. The van der Waals surface area contributed by atoms with Gasteiger partial charge in [0, 0.05) is 11.9 Å². The number of amides is 1. The third-order valence-corrected chi connectivity index (χ3v) is 4.04. The average molecular weight is 407 g/mol. The highest BCUT2D eigenvalue weighted by molar-refractivity contribution is 6.09. The third kappa shape index (κ3) is 6.67. The van der Waals surface area contributed by atoms with Crippen molar-refractivity contribution in [1.29, 1.82) is 5.26 Å². The molecule has 2 aromatic rings. The van der Waals surface area contributed by atoms with Gasteiger partial charge < -0.3 is 20.1 Å². The maximum atomic E-state index is 12.5. The zero-order valence-corrected chi connectivity index (χ0v) is 17.1. The van der Waals surface area contributed by atoms with Gasteiger partial charge in [-0.05, 0) is 49.7 Å². The smallest absolute Gasteiger partial charge is 0.340 e. The van der Waals surface area contributed by atoms with E-state index < -0.39 is 11.9 Å². The van der Waals surface area contributed by atoms with E-state index in [4.69, 9.17) is 9.47 Å². The molecule has 0 saturated heterocycles. The van der Waals surface area contributed by atoms with Crippen LogP contribution < -0.4 is 15.4 Å². The second-order valence-corrected chi connectivity index (χ2v) is 6.26. The summed E-state index contributed by atoms with van der Waals surface area (Å²) in [4.78, 5) is 24.8. The molecule has 0 fully saturated rings. The molecule has 1 amide bonds. The van der Waals surface area contributed by atoms with Crippen LogP contribution in [0.3, 0.4) is 0 Å². The van der Waals surface area contributed by atoms with E-state index >= 15 is 0 Å². The summed E-state index contributed by atoms with van der Waals surface area (Å²) in [6, 6.07) is 15.5. The minimum absolute atomic E-state index is 0.141. The highest BCUT2D eigenvalue weighted by Gasteiger charge is 2.16. The van der Waals surface area contributed by atoms with E-state index in [1.807, 2.05) is 19.9 Å². The van der Waals surface area contributed by atoms with Crippen molar-refractivity contribution in [3.8, 4) is 11.8 Å². The standard InChI is InChI=1S/C23H25N3O4/c1-3-5-14-30-23(28)20-8-6-7-9-21(20)26-22(27)17(15-24)16-25-18-10-12-19(13-11-18)29-4-2/h6-13,16,25H,3-5,14H2,1-2H3,(H,26,27)/b17-16-. The summed E-state index contributed by atoms with van der Waals surface area (Å²) in [7, 11) is 0. The molecule has 30 heavy (non-hydrogen) atoms. The van der Waals surface area contributed by atoms with Crippen LogP contribution in [-0.2, 0) is 9.53 Å². The number of nitriles is 1. The monoisotopic (exact) mass is 407 g/mol. The van der Waals surface area contributed by atoms with Gasteiger partial charge in [-0.1, -0.05) is 25.5 Å². The number of hydrogen-bond acceptors (Lipinski definition) is 6. The Morgan fingerprint density at radius 3 is 2.50 bits per heavy atom. The highest BCUT2D eigenvalue weighted by Crippen LogP contribution is 2.18. The van der Waals surface area contributed by atoms with E-state index in [0.717, 1.165) is 18.6 Å². The first-order valence-electron chi connectivity index (χ1n) is 9.76. The first kappa shape index (κ1) is 22.5. The van der Waals surface area contributed by atoms with Gasteiger partial charge in [0.25, 0.3) is 5.91 Å². The molecule has 0 unspecified atom stereocenters. The summed E-state index contributed by atoms with van der Waals surface area (Å²) in [6.45, 7) is 4.78. The number of ether oxygens (including phenoxy) is 2. The Morgan fingerprint density at radius 2 is 1.83 bits per heavy atom. The van der Waals surface area contributed by atoms with Crippen LogP contribution in [0.5, 0.6) is 5.75 Å². The molecule has 0 aliphatic rings. The Kier molecular flexibility index (Phi) is 8.94. The van der Waals surface area contributed by atoms with Crippen LogP contribution in [0.4, 0.5) is 11.4 Å². The van der Waals surface area contributed by atoms with Crippen molar-refractivity contribution >= 4 is 23.3 Å². The molecule has 0 radical (unpaired) electrons. The second kappa shape index (κ2) is 11.9. The number of benzene rings is 2. The number of hydrogen-bond donors (Lipinski definition) is 2. The summed E-state index contributed by atoms with van der Waals surface area (Å²) in [5, 5.41) is 14.9. The van der Waals surface area contributed by atoms with E-state index in [1.54, 1.807) is 48.5 Å². The van der Waals surface area contributed by atoms with Crippen LogP contribution in [0.2, 0.25) is 0 Å². The summed E-state index contributed by atoms with van der Waals surface area (Å²) in [5.74, 6) is -0.424. The number of para-hydroxylation sites is 1. The fraction of sp³-hybridized carbons (Fsp3) is 0.261. The van der Waals surface area contributed by atoms with Crippen molar-refractivity contribution in [3.63, 3.8) is 0 Å². The van der Waals surface area contributed by atoms with Gasteiger partial charge in [-0.15, -0.1) is 0 Å². The van der Waals surface area contributed by atoms with Gasteiger partial charge >= 0.3 is 5.97 Å². The Labute approximate surface area is 176 Å². The number of nitrogens with zero attached hydrogens (tertiary/aromatic N) is 1. The largest absolute Gasteiger partial charge is 0.494 e. The molecule has 0 aliphatic heterocycles. The lowest BCUT2D eigenvalue weighted by molar-refractivity contribution is -0.112. The van der Waals surface area contributed by atoms with Gasteiger partial charge in [-0.25, -0.2) is 4.79 Å². The fourth-order valence-electron chi connectivity index (χ4n) is 2.46. The van der Waals surface area contributed by atoms with Gasteiger partial charge in [0.2, 0.25) is 0 Å². The first-order valence-corrected chi connectivity index (χ1v) is 9.76. The van der Waals surface area contributed by atoms with Crippen LogP contribution in [0.25, 0.3) is 0 Å². The van der Waals surface area contributed by atoms with Gasteiger partial charge in [-0.3, -0.25) is 4.79 Å². The molecule has 2 aromatic carbocycles. The Balaban J connectivity index is 2.07. The molecule has 0 aromatic heterocycles. The number of carbonyl (C=O) groups is 2. The van der Waals surface area contributed by atoms with Crippen LogP contribution in [-0.4, -0.2) is 25.1 Å². The van der Waals surface area contributed by atoms with Gasteiger partial charge in [0.1, 0.15) is 17.4 Å². The predicted molar refractivity (Wildman–Crippen MR) is 115 cm³/mol. The van der Waals surface area contributed by atoms with Crippen molar-refractivity contribution in [1.82, 2.24) is 0 Å². The molecule has 0 aliphatic carbocycles. The average Bonchev–Trinajstić information content (AvgIpc) is 2.76. The van der Waals surface area contributed by atoms with Crippen LogP contribution in [0.15, 0.2) is 60.3 Å². The molecular formula is C23H25N3O4. The topological polar surface area (TPSA) is 100 Å². The summed E-state index contributed by atoms with van der Waals surface area (Å²) in [5.41, 5.74) is 1.07. The minimum Gasteiger partial charge on any atom is -0.494 e. The minimum atomic E-state index is -0.634. The van der Waals surface area contributed by atoms with Crippen molar-refractivity contribution < 1.29 is 19.1 Å². The van der Waals surface area contributed by atoms with Gasteiger partial charge in [0.15, 0.2) is 0 Å². The quantitative estimate of drug-likeness (QED) is 0.260. The second-order valence-electron chi connectivity index (χ2n) is 6.26. The van der Waals surface area contributed by atoms with E-state index in [-0.39, 0.29) is 16.8 Å².